The second-order valence-electron chi connectivity index (χ2n) is 11.7. The van der Waals surface area contributed by atoms with E-state index in [0.717, 1.165) is 55.7 Å². The molecule has 2 atom stereocenters. The van der Waals surface area contributed by atoms with E-state index in [2.05, 4.69) is 54.9 Å². The summed E-state index contributed by atoms with van der Waals surface area (Å²) in [6.45, 7) is 16.5. The first kappa shape index (κ1) is 31.7. The van der Waals surface area contributed by atoms with Crippen LogP contribution in [0.1, 0.15) is 51.7 Å². The van der Waals surface area contributed by atoms with Crippen molar-refractivity contribution >= 4 is 29.3 Å². The first-order valence-corrected chi connectivity index (χ1v) is 15.0. The van der Waals surface area contributed by atoms with E-state index < -0.39 is 6.09 Å². The zero-order valence-corrected chi connectivity index (χ0v) is 25.5. The average Bonchev–Trinajstić information content (AvgIpc) is 3.59. The van der Waals surface area contributed by atoms with E-state index in [9.17, 15) is 4.79 Å². The Morgan fingerprint density at radius 3 is 1.74 bits per heavy atom. The number of rotatable bonds is 10. The number of hydrogen-bond donors (Lipinski definition) is 2. The molecule has 2 aromatic carbocycles. The molecule has 2 aliphatic heterocycles. The highest BCUT2D eigenvalue weighted by molar-refractivity contribution is 6.30. The lowest BCUT2D eigenvalue weighted by Crippen LogP contribution is -2.40. The minimum absolute atomic E-state index is 0.305. The molecule has 2 heterocycles. The lowest BCUT2D eigenvalue weighted by atomic mass is 10.1. The van der Waals surface area contributed by atoms with E-state index in [4.69, 9.17) is 28.3 Å². The van der Waals surface area contributed by atoms with Crippen molar-refractivity contribution in [1.82, 2.24) is 20.0 Å². The van der Waals surface area contributed by atoms with Crippen molar-refractivity contribution in [3.8, 4) is 0 Å². The van der Waals surface area contributed by atoms with Crippen LogP contribution in [0.3, 0.4) is 0 Å². The van der Waals surface area contributed by atoms with Crippen molar-refractivity contribution in [2.75, 3.05) is 39.3 Å². The Hall–Kier alpha value is -1.83. The fraction of sp³-hybridized carbons (Fsp3) is 0.581. The maximum absolute atomic E-state index is 11.1. The highest BCUT2D eigenvalue weighted by Gasteiger charge is 2.30. The Bertz CT molecular complexity index is 995. The zero-order chi connectivity index (χ0) is 28.4. The maximum Gasteiger partial charge on any atom is 0.407 e. The number of nitrogens with one attached hydrogen (secondary N) is 1. The molecule has 0 aliphatic carbocycles. The maximum atomic E-state index is 11.1. The third kappa shape index (κ3) is 10.9. The summed E-state index contributed by atoms with van der Waals surface area (Å²) in [4.78, 5) is 17.6. The second-order valence-corrected chi connectivity index (χ2v) is 12.6. The van der Waals surface area contributed by atoms with Gasteiger partial charge in [0.25, 0.3) is 0 Å². The molecule has 0 saturated carbocycles. The number of hydrogen-bond acceptors (Lipinski definition) is 4. The van der Waals surface area contributed by atoms with Gasteiger partial charge in [-0.15, -0.1) is 0 Å². The first-order chi connectivity index (χ1) is 18.6. The number of amides is 1. The van der Waals surface area contributed by atoms with Gasteiger partial charge < -0.3 is 15.3 Å². The highest BCUT2D eigenvalue weighted by atomic mass is 35.5. The normalized spacial score (nSPS) is 19.3. The van der Waals surface area contributed by atoms with Gasteiger partial charge in [-0.1, -0.05) is 75.2 Å². The monoisotopic (exact) mass is 576 g/mol. The van der Waals surface area contributed by atoms with Crippen LogP contribution in [-0.2, 0) is 13.1 Å². The van der Waals surface area contributed by atoms with E-state index >= 15 is 0 Å². The summed E-state index contributed by atoms with van der Waals surface area (Å²) in [7, 11) is 0. The molecule has 0 radical (unpaired) electrons. The molecule has 2 fully saturated rings. The van der Waals surface area contributed by atoms with Crippen LogP contribution < -0.4 is 5.32 Å². The summed E-state index contributed by atoms with van der Waals surface area (Å²) in [5, 5.41) is 14.1. The molecule has 6 nitrogen and oxygen atoms in total. The van der Waals surface area contributed by atoms with Crippen LogP contribution in [0, 0.1) is 11.8 Å². The van der Waals surface area contributed by atoms with Crippen molar-refractivity contribution in [1.29, 1.82) is 0 Å². The summed E-state index contributed by atoms with van der Waals surface area (Å²) in [6, 6.07) is 17.1. The van der Waals surface area contributed by atoms with E-state index in [1.54, 1.807) is 0 Å². The molecule has 8 heteroatoms. The summed E-state index contributed by atoms with van der Waals surface area (Å²) in [5.41, 5.74) is 2.57. The van der Waals surface area contributed by atoms with Gasteiger partial charge in [0.15, 0.2) is 0 Å². The van der Waals surface area contributed by atoms with E-state index in [1.165, 1.54) is 22.4 Å². The predicted octanol–water partition coefficient (Wildman–Crippen LogP) is 6.71. The lowest BCUT2D eigenvalue weighted by molar-refractivity contribution is 0.140. The molecule has 0 aromatic heterocycles. The molecule has 0 bridgehead atoms. The van der Waals surface area contributed by atoms with Gasteiger partial charge in [0.1, 0.15) is 0 Å². The largest absolute Gasteiger partial charge is 0.465 e. The van der Waals surface area contributed by atoms with Gasteiger partial charge in [-0.2, -0.15) is 0 Å². The fourth-order valence-corrected chi connectivity index (χ4v) is 5.69. The smallest absolute Gasteiger partial charge is 0.407 e. The molecule has 216 valence electrons. The minimum atomic E-state index is -0.812. The molecular formula is C31H46Cl2N4O2. The topological polar surface area (TPSA) is 59.1 Å². The Balaban J connectivity index is 0.000000218. The molecular weight excluding hydrogens is 531 g/mol. The van der Waals surface area contributed by atoms with Crippen LogP contribution in [0.2, 0.25) is 10.0 Å². The number of carboxylic acid groups (broad SMARTS) is 1. The number of nitrogens with zero attached hydrogens (tertiary/aromatic N) is 3. The van der Waals surface area contributed by atoms with Crippen molar-refractivity contribution < 1.29 is 9.90 Å². The van der Waals surface area contributed by atoms with Crippen LogP contribution in [0.15, 0.2) is 48.5 Å². The molecule has 2 unspecified atom stereocenters. The molecule has 4 rings (SSSR count). The van der Waals surface area contributed by atoms with Crippen LogP contribution in [0.5, 0.6) is 0 Å². The van der Waals surface area contributed by atoms with Gasteiger partial charge in [-0.25, -0.2) is 4.79 Å². The molecule has 0 spiro atoms. The Morgan fingerprint density at radius 1 is 0.872 bits per heavy atom. The Morgan fingerprint density at radius 2 is 1.36 bits per heavy atom. The third-order valence-corrected chi connectivity index (χ3v) is 7.80. The van der Waals surface area contributed by atoms with Gasteiger partial charge in [-0.3, -0.25) is 9.80 Å². The fourth-order valence-electron chi connectivity index (χ4n) is 5.44. The van der Waals surface area contributed by atoms with Crippen LogP contribution in [-0.4, -0.2) is 77.3 Å². The van der Waals surface area contributed by atoms with E-state index in [1.807, 2.05) is 36.4 Å². The molecule has 2 saturated heterocycles. The highest BCUT2D eigenvalue weighted by Crippen LogP contribution is 2.21. The third-order valence-electron chi connectivity index (χ3n) is 7.30. The molecule has 2 aliphatic rings. The number of carbonyl (C=O) groups is 1. The molecule has 2 N–H and O–H groups in total. The van der Waals surface area contributed by atoms with Crippen LogP contribution >= 0.6 is 23.2 Å². The molecule has 1 amide bonds. The van der Waals surface area contributed by atoms with Gasteiger partial charge >= 0.3 is 6.09 Å². The van der Waals surface area contributed by atoms with E-state index in [-0.39, 0.29) is 0 Å². The molecule has 39 heavy (non-hydrogen) atoms. The van der Waals surface area contributed by atoms with Crippen molar-refractivity contribution in [3.05, 3.63) is 69.7 Å². The van der Waals surface area contributed by atoms with Gasteiger partial charge in [0.2, 0.25) is 0 Å². The van der Waals surface area contributed by atoms with E-state index in [0.29, 0.717) is 37.0 Å². The quantitative estimate of drug-likeness (QED) is 0.329. The lowest BCUT2D eigenvalue weighted by Gasteiger charge is -2.30. The predicted molar refractivity (Wildman–Crippen MR) is 163 cm³/mol. The molecule has 2 aromatic rings. The Kier molecular flexibility index (Phi) is 12.9. The van der Waals surface area contributed by atoms with Crippen molar-refractivity contribution in [2.45, 2.75) is 65.7 Å². The van der Waals surface area contributed by atoms with Crippen molar-refractivity contribution in [3.63, 3.8) is 0 Å². The van der Waals surface area contributed by atoms with Gasteiger partial charge in [-0.05, 0) is 66.6 Å². The van der Waals surface area contributed by atoms with Crippen molar-refractivity contribution in [2.24, 2.45) is 11.8 Å². The van der Waals surface area contributed by atoms with Crippen LogP contribution in [0.4, 0.5) is 4.79 Å². The first-order valence-electron chi connectivity index (χ1n) is 14.3. The Labute approximate surface area is 245 Å². The summed E-state index contributed by atoms with van der Waals surface area (Å²) in [6.07, 6.45) is 1.36. The minimum Gasteiger partial charge on any atom is -0.465 e. The average molecular weight is 578 g/mol. The second kappa shape index (κ2) is 15.8. The number of likely N-dealkylation sites (tertiary alicyclic amines) is 1. The van der Waals surface area contributed by atoms with Crippen LogP contribution in [0.25, 0.3) is 0 Å². The van der Waals surface area contributed by atoms with Gasteiger partial charge in [0, 0.05) is 67.9 Å². The summed E-state index contributed by atoms with van der Waals surface area (Å²) >= 11 is 11.9. The summed E-state index contributed by atoms with van der Waals surface area (Å²) < 4.78 is 0. The van der Waals surface area contributed by atoms with Gasteiger partial charge in [0.05, 0.1) is 0 Å². The SMILES string of the molecule is CC(C)CN(Cc1ccc(Cl)cc1)C1CCN(C(=O)O)C1.CC(C)CN(Cc1ccc(Cl)cc1)C1CCNC1. The zero-order valence-electron chi connectivity index (χ0n) is 24.0. The summed E-state index contributed by atoms with van der Waals surface area (Å²) in [5.74, 6) is 1.26. The standard InChI is InChI=1S/C16H23ClN2O2.C15H23ClN2/c1-12(2)9-19(10-13-3-5-14(17)6-4-13)15-7-8-18(11-15)16(20)21;1-12(2)10-18(15-7-8-17-9-15)11-13-3-5-14(16)6-4-13/h3-6,12,15H,7-11H2,1-2H3,(H,20,21);3-6,12,15,17H,7-11H2,1-2H3. The number of halogens is 2. The number of benzene rings is 2.